The van der Waals surface area contributed by atoms with Gasteiger partial charge in [-0.1, -0.05) is 6.07 Å². The predicted octanol–water partition coefficient (Wildman–Crippen LogP) is 2.46. The third kappa shape index (κ3) is 4.72. The van der Waals surface area contributed by atoms with Crippen LogP contribution in [-0.4, -0.2) is 31.5 Å². The molecule has 0 unspecified atom stereocenters. The molecule has 1 N–H and O–H groups in total. The average molecular weight is 359 g/mol. The summed E-state index contributed by atoms with van der Waals surface area (Å²) >= 11 is 0. The van der Waals surface area contributed by atoms with E-state index in [1.165, 1.54) is 13.2 Å². The van der Waals surface area contributed by atoms with Gasteiger partial charge >= 0.3 is 11.9 Å². The fourth-order valence-electron chi connectivity index (χ4n) is 2.27. The average Bonchev–Trinajstić information content (AvgIpc) is 3.00. The minimum Gasteiger partial charge on any atom is -0.465 e. The number of carbonyl (C=O) groups is 3. The number of esters is 2. The Balaban J connectivity index is 1.84. The number of benzene rings is 1. The van der Waals surface area contributed by atoms with E-state index in [1.807, 2.05) is 19.9 Å². The maximum absolute atomic E-state index is 12.1. The molecule has 1 aromatic heterocycles. The molecule has 1 amide bonds. The number of nitrogens with one attached hydrogen (secondary N) is 1. The number of hydrogen-bond donors (Lipinski definition) is 1. The van der Waals surface area contributed by atoms with Crippen LogP contribution in [0.4, 0.5) is 0 Å². The lowest BCUT2D eigenvalue weighted by Crippen LogP contribution is -2.30. The van der Waals surface area contributed by atoms with E-state index in [0.717, 1.165) is 11.1 Å². The van der Waals surface area contributed by atoms with Crippen molar-refractivity contribution in [1.82, 2.24) is 5.32 Å². The molecule has 2 rings (SSSR count). The lowest BCUT2D eigenvalue weighted by Gasteiger charge is -2.07. The zero-order chi connectivity index (χ0) is 19.3. The minimum atomic E-state index is -0.615. The molecule has 0 atom stereocenters. The van der Waals surface area contributed by atoms with Crippen molar-refractivity contribution in [3.63, 3.8) is 0 Å². The molecule has 0 saturated carbocycles. The first-order valence-corrected chi connectivity index (χ1v) is 8.00. The monoisotopic (exact) mass is 359 g/mol. The summed E-state index contributed by atoms with van der Waals surface area (Å²) in [4.78, 5) is 35.3. The summed E-state index contributed by atoms with van der Waals surface area (Å²) in [6.07, 6.45) is 0. The van der Waals surface area contributed by atoms with Crippen LogP contribution in [0.1, 0.15) is 43.4 Å². The van der Waals surface area contributed by atoms with Crippen molar-refractivity contribution in [3.8, 4) is 0 Å². The Bertz CT molecular complexity index is 837. The predicted molar refractivity (Wildman–Crippen MR) is 92.8 cm³/mol. The second kappa shape index (κ2) is 8.33. The van der Waals surface area contributed by atoms with Gasteiger partial charge in [-0.2, -0.15) is 0 Å². The van der Waals surface area contributed by atoms with E-state index in [-0.39, 0.29) is 24.6 Å². The molecule has 7 heteroatoms. The summed E-state index contributed by atoms with van der Waals surface area (Å²) in [5.41, 5.74) is 2.84. The van der Waals surface area contributed by atoms with Crippen LogP contribution in [0, 0.1) is 20.8 Å². The highest BCUT2D eigenvalue weighted by Crippen LogP contribution is 2.16. The molecule has 0 saturated heterocycles. The zero-order valence-electron chi connectivity index (χ0n) is 15.2. The fraction of sp³-hybridized carbons (Fsp3) is 0.316. The van der Waals surface area contributed by atoms with Crippen molar-refractivity contribution in [3.05, 3.63) is 58.0 Å². The summed E-state index contributed by atoms with van der Waals surface area (Å²) in [6, 6.07) is 6.77. The molecule has 0 radical (unpaired) electrons. The second-order valence-electron chi connectivity index (χ2n) is 5.82. The van der Waals surface area contributed by atoms with Crippen molar-refractivity contribution >= 4 is 17.8 Å². The summed E-state index contributed by atoms with van der Waals surface area (Å²) in [5.74, 6) is -0.796. The second-order valence-corrected chi connectivity index (χ2v) is 5.82. The lowest BCUT2D eigenvalue weighted by atomic mass is 10.1. The number of rotatable bonds is 6. The van der Waals surface area contributed by atoms with Gasteiger partial charge in [-0.15, -0.1) is 0 Å². The van der Waals surface area contributed by atoms with Gasteiger partial charge in [-0.25, -0.2) is 4.79 Å². The standard InChI is InChI=1S/C19H21NO6/c1-11-5-6-14(7-12(11)2)18(22)20-9-17(21)25-10-15-8-16(13(3)26-15)19(23)24-4/h5-8H,9-10H2,1-4H3,(H,20,22). The van der Waals surface area contributed by atoms with Gasteiger partial charge in [0.1, 0.15) is 30.2 Å². The Morgan fingerprint density at radius 2 is 1.81 bits per heavy atom. The SMILES string of the molecule is COC(=O)c1cc(COC(=O)CNC(=O)c2ccc(C)c(C)c2)oc1C. The molecule has 0 aliphatic heterocycles. The number of ether oxygens (including phenoxy) is 2. The largest absolute Gasteiger partial charge is 0.465 e. The van der Waals surface area contributed by atoms with Gasteiger partial charge in [0.05, 0.1) is 7.11 Å². The van der Waals surface area contributed by atoms with Gasteiger partial charge in [0.15, 0.2) is 0 Å². The van der Waals surface area contributed by atoms with Crippen molar-refractivity contribution in [1.29, 1.82) is 0 Å². The maximum Gasteiger partial charge on any atom is 0.341 e. The molecule has 2 aromatic rings. The summed E-state index contributed by atoms with van der Waals surface area (Å²) in [5, 5.41) is 2.51. The van der Waals surface area contributed by atoms with Crippen LogP contribution in [0.15, 0.2) is 28.7 Å². The van der Waals surface area contributed by atoms with Crippen molar-refractivity contribution in [2.45, 2.75) is 27.4 Å². The summed E-state index contributed by atoms with van der Waals surface area (Å²) < 4.78 is 15.0. The summed E-state index contributed by atoms with van der Waals surface area (Å²) in [6.45, 7) is 5.07. The Labute approximate surface area is 151 Å². The highest BCUT2D eigenvalue weighted by molar-refractivity contribution is 5.96. The smallest absolute Gasteiger partial charge is 0.341 e. The molecule has 1 heterocycles. The molecule has 0 aliphatic carbocycles. The van der Waals surface area contributed by atoms with Gasteiger partial charge in [0, 0.05) is 5.56 Å². The Kier molecular flexibility index (Phi) is 6.16. The van der Waals surface area contributed by atoms with E-state index in [9.17, 15) is 14.4 Å². The van der Waals surface area contributed by atoms with Gasteiger partial charge in [0.2, 0.25) is 0 Å². The Morgan fingerprint density at radius 1 is 1.08 bits per heavy atom. The van der Waals surface area contributed by atoms with E-state index >= 15 is 0 Å². The quantitative estimate of drug-likeness (QED) is 0.796. The van der Waals surface area contributed by atoms with Crippen LogP contribution in [0.25, 0.3) is 0 Å². The normalized spacial score (nSPS) is 10.3. The highest BCUT2D eigenvalue weighted by atomic mass is 16.5. The van der Waals surface area contributed by atoms with Crippen LogP contribution >= 0.6 is 0 Å². The van der Waals surface area contributed by atoms with E-state index in [0.29, 0.717) is 17.1 Å². The number of methoxy groups -OCH3 is 1. The van der Waals surface area contributed by atoms with E-state index < -0.39 is 11.9 Å². The first-order valence-electron chi connectivity index (χ1n) is 8.00. The number of aryl methyl sites for hydroxylation is 3. The highest BCUT2D eigenvalue weighted by Gasteiger charge is 2.16. The molecule has 26 heavy (non-hydrogen) atoms. The number of carbonyl (C=O) groups excluding carboxylic acids is 3. The van der Waals surface area contributed by atoms with E-state index in [4.69, 9.17) is 9.15 Å². The maximum atomic E-state index is 12.1. The Hall–Kier alpha value is -3.09. The molecule has 0 fully saturated rings. The van der Waals surface area contributed by atoms with Crippen molar-refractivity contribution in [2.24, 2.45) is 0 Å². The van der Waals surface area contributed by atoms with Crippen LogP contribution in [-0.2, 0) is 20.9 Å². The summed E-state index contributed by atoms with van der Waals surface area (Å²) in [7, 11) is 1.27. The topological polar surface area (TPSA) is 94.8 Å². The molecule has 0 aliphatic rings. The van der Waals surface area contributed by atoms with Gasteiger partial charge in [-0.05, 0) is 50.1 Å². The van der Waals surface area contributed by atoms with Crippen LogP contribution < -0.4 is 5.32 Å². The minimum absolute atomic E-state index is 0.143. The van der Waals surface area contributed by atoms with Gasteiger partial charge < -0.3 is 19.2 Å². The molecular weight excluding hydrogens is 338 g/mol. The molecule has 1 aromatic carbocycles. The van der Waals surface area contributed by atoms with Gasteiger partial charge in [0.25, 0.3) is 5.91 Å². The lowest BCUT2D eigenvalue weighted by molar-refractivity contribution is -0.144. The van der Waals surface area contributed by atoms with E-state index in [2.05, 4.69) is 10.1 Å². The molecule has 7 nitrogen and oxygen atoms in total. The van der Waals surface area contributed by atoms with Crippen LogP contribution in [0.5, 0.6) is 0 Å². The number of furan rings is 1. The van der Waals surface area contributed by atoms with Crippen LogP contribution in [0.2, 0.25) is 0 Å². The van der Waals surface area contributed by atoms with Crippen molar-refractivity contribution < 1.29 is 28.3 Å². The molecule has 0 bridgehead atoms. The van der Waals surface area contributed by atoms with Crippen molar-refractivity contribution in [2.75, 3.05) is 13.7 Å². The zero-order valence-corrected chi connectivity index (χ0v) is 15.2. The molecule has 0 spiro atoms. The third-order valence-corrected chi connectivity index (χ3v) is 3.91. The Morgan fingerprint density at radius 3 is 2.46 bits per heavy atom. The molecule has 138 valence electrons. The number of hydrogen-bond acceptors (Lipinski definition) is 6. The molecular formula is C19H21NO6. The fourth-order valence-corrected chi connectivity index (χ4v) is 2.27. The number of amides is 1. The third-order valence-electron chi connectivity index (χ3n) is 3.91. The van der Waals surface area contributed by atoms with Gasteiger partial charge in [-0.3, -0.25) is 9.59 Å². The first-order chi connectivity index (χ1) is 12.3. The van der Waals surface area contributed by atoms with Crippen LogP contribution in [0.3, 0.4) is 0 Å². The van der Waals surface area contributed by atoms with E-state index in [1.54, 1.807) is 19.1 Å². The first kappa shape index (κ1) is 19.2.